The molecule has 0 spiro atoms. The van der Waals surface area contributed by atoms with E-state index in [2.05, 4.69) is 5.32 Å². The highest BCUT2D eigenvalue weighted by atomic mass is 19.4. The number of aldehydes is 1. The number of benzene rings is 2. The summed E-state index contributed by atoms with van der Waals surface area (Å²) in [6.07, 6.45) is -0.606. The number of alkyl halides is 3. The standard InChI is InChI=1S/C25H26F3N3O3/c26-25(27,28)22-4-2-1-3-21(22)24(34)31-13-11-30(12-14-31)19-7-8-20(18(15-19)16-32)23(33)29-10-9-17-5-6-17/h1-4,7-8,15-17H,5-6,9-14H2,(H,29,33). The van der Waals surface area contributed by atoms with E-state index in [1.54, 1.807) is 18.2 Å². The van der Waals surface area contributed by atoms with Crippen molar-refractivity contribution in [1.29, 1.82) is 0 Å². The zero-order valence-corrected chi connectivity index (χ0v) is 18.6. The molecule has 9 heteroatoms. The normalized spacial score (nSPS) is 16.3. The number of nitrogens with zero attached hydrogens (tertiary/aromatic N) is 2. The third-order valence-corrected chi connectivity index (χ3v) is 6.34. The molecule has 1 N–H and O–H groups in total. The van der Waals surface area contributed by atoms with Gasteiger partial charge in [-0.1, -0.05) is 25.0 Å². The van der Waals surface area contributed by atoms with Gasteiger partial charge >= 0.3 is 6.18 Å². The Morgan fingerprint density at radius 3 is 2.35 bits per heavy atom. The monoisotopic (exact) mass is 473 g/mol. The van der Waals surface area contributed by atoms with Crippen molar-refractivity contribution in [1.82, 2.24) is 10.2 Å². The van der Waals surface area contributed by atoms with Crippen molar-refractivity contribution < 1.29 is 27.6 Å². The Balaban J connectivity index is 1.39. The maximum Gasteiger partial charge on any atom is 0.417 e. The van der Waals surface area contributed by atoms with E-state index in [0.717, 1.165) is 18.2 Å². The number of hydrogen-bond donors (Lipinski definition) is 1. The van der Waals surface area contributed by atoms with Crippen molar-refractivity contribution in [3.05, 3.63) is 64.7 Å². The van der Waals surface area contributed by atoms with Crippen LogP contribution in [0.25, 0.3) is 0 Å². The van der Waals surface area contributed by atoms with Gasteiger partial charge in [-0.15, -0.1) is 0 Å². The molecule has 0 aromatic heterocycles. The fraction of sp³-hybridized carbons (Fsp3) is 0.400. The minimum absolute atomic E-state index is 0.241. The van der Waals surface area contributed by atoms with Gasteiger partial charge in [-0.25, -0.2) is 0 Å². The van der Waals surface area contributed by atoms with E-state index in [1.807, 2.05) is 4.90 Å². The van der Waals surface area contributed by atoms with Gasteiger partial charge < -0.3 is 15.1 Å². The molecule has 6 nitrogen and oxygen atoms in total. The van der Waals surface area contributed by atoms with Crippen LogP contribution in [-0.2, 0) is 6.18 Å². The van der Waals surface area contributed by atoms with Gasteiger partial charge in [-0.05, 0) is 42.7 Å². The molecule has 2 aromatic rings. The number of hydrogen-bond acceptors (Lipinski definition) is 4. The molecule has 180 valence electrons. The summed E-state index contributed by atoms with van der Waals surface area (Å²) in [6.45, 7) is 1.85. The van der Waals surface area contributed by atoms with E-state index in [4.69, 9.17) is 0 Å². The van der Waals surface area contributed by atoms with Crippen molar-refractivity contribution >= 4 is 23.8 Å². The van der Waals surface area contributed by atoms with Crippen LogP contribution < -0.4 is 10.2 Å². The zero-order valence-electron chi connectivity index (χ0n) is 18.6. The van der Waals surface area contributed by atoms with E-state index in [1.165, 1.54) is 35.9 Å². The lowest BCUT2D eigenvalue weighted by Gasteiger charge is -2.36. The van der Waals surface area contributed by atoms with Crippen LogP contribution in [0.3, 0.4) is 0 Å². The Hall–Kier alpha value is -3.36. The van der Waals surface area contributed by atoms with Gasteiger partial charge in [0.15, 0.2) is 6.29 Å². The van der Waals surface area contributed by atoms with Crippen LogP contribution in [0.4, 0.5) is 18.9 Å². The molecule has 1 aliphatic carbocycles. The van der Waals surface area contributed by atoms with Crippen LogP contribution in [0.1, 0.15) is 55.9 Å². The minimum atomic E-state index is -4.61. The minimum Gasteiger partial charge on any atom is -0.368 e. The van der Waals surface area contributed by atoms with Gasteiger partial charge in [-0.3, -0.25) is 14.4 Å². The van der Waals surface area contributed by atoms with E-state index in [0.29, 0.717) is 37.4 Å². The maximum absolute atomic E-state index is 13.3. The first-order chi connectivity index (χ1) is 16.3. The second-order valence-electron chi connectivity index (χ2n) is 8.70. The van der Waals surface area contributed by atoms with Crippen molar-refractivity contribution in [3.63, 3.8) is 0 Å². The number of carbonyl (C=O) groups is 3. The highest BCUT2D eigenvalue weighted by Gasteiger charge is 2.36. The molecule has 0 bridgehead atoms. The lowest BCUT2D eigenvalue weighted by atomic mass is 10.0. The number of amides is 2. The lowest BCUT2D eigenvalue weighted by Crippen LogP contribution is -2.49. The fourth-order valence-corrected chi connectivity index (χ4v) is 4.20. The predicted octanol–water partition coefficient (Wildman–Crippen LogP) is 4.01. The summed E-state index contributed by atoms with van der Waals surface area (Å²) in [5.41, 5.74) is 0.0124. The molecule has 1 heterocycles. The molecule has 1 saturated carbocycles. The molecule has 0 unspecified atom stereocenters. The second-order valence-corrected chi connectivity index (χ2v) is 8.70. The molecule has 1 aliphatic heterocycles. The summed E-state index contributed by atoms with van der Waals surface area (Å²) < 4.78 is 39.9. The Morgan fingerprint density at radius 1 is 1.00 bits per heavy atom. The average Bonchev–Trinajstić information content (AvgIpc) is 3.67. The van der Waals surface area contributed by atoms with E-state index in [-0.39, 0.29) is 30.1 Å². The Bertz CT molecular complexity index is 1070. The molecule has 2 amide bonds. The van der Waals surface area contributed by atoms with Crippen molar-refractivity contribution in [2.75, 3.05) is 37.6 Å². The van der Waals surface area contributed by atoms with Crippen molar-refractivity contribution in [2.24, 2.45) is 5.92 Å². The SMILES string of the molecule is O=Cc1cc(N2CCN(C(=O)c3ccccc3C(F)(F)F)CC2)ccc1C(=O)NCCC1CC1. The molecule has 2 aliphatic rings. The molecular weight excluding hydrogens is 447 g/mol. The van der Waals surface area contributed by atoms with Crippen LogP contribution in [-0.4, -0.2) is 55.7 Å². The van der Waals surface area contributed by atoms with Gasteiger partial charge in [0.2, 0.25) is 0 Å². The van der Waals surface area contributed by atoms with Gasteiger partial charge in [-0.2, -0.15) is 13.2 Å². The predicted molar refractivity (Wildman–Crippen MR) is 121 cm³/mol. The molecule has 0 radical (unpaired) electrons. The summed E-state index contributed by atoms with van der Waals surface area (Å²) in [5, 5.41) is 2.86. The lowest BCUT2D eigenvalue weighted by molar-refractivity contribution is -0.138. The summed E-state index contributed by atoms with van der Waals surface area (Å²) in [6, 6.07) is 9.79. The Morgan fingerprint density at radius 2 is 1.71 bits per heavy atom. The first kappa shape index (κ1) is 23.8. The molecule has 1 saturated heterocycles. The molecule has 4 rings (SSSR count). The smallest absolute Gasteiger partial charge is 0.368 e. The maximum atomic E-state index is 13.3. The molecule has 34 heavy (non-hydrogen) atoms. The third-order valence-electron chi connectivity index (χ3n) is 6.34. The summed E-state index contributed by atoms with van der Waals surface area (Å²) >= 11 is 0. The van der Waals surface area contributed by atoms with Crippen LogP contribution in [0.15, 0.2) is 42.5 Å². The van der Waals surface area contributed by atoms with Crippen molar-refractivity contribution in [2.45, 2.75) is 25.4 Å². The zero-order chi connectivity index (χ0) is 24.3. The summed E-state index contributed by atoms with van der Waals surface area (Å²) in [7, 11) is 0. The van der Waals surface area contributed by atoms with Crippen LogP contribution in [0.2, 0.25) is 0 Å². The highest BCUT2D eigenvalue weighted by molar-refractivity contribution is 6.02. The summed E-state index contributed by atoms with van der Waals surface area (Å²) in [4.78, 5) is 40.2. The van der Waals surface area contributed by atoms with Gasteiger partial charge in [0, 0.05) is 49.5 Å². The number of anilines is 1. The van der Waals surface area contributed by atoms with Gasteiger partial charge in [0.05, 0.1) is 11.1 Å². The number of piperazine rings is 1. The highest BCUT2D eigenvalue weighted by Crippen LogP contribution is 2.33. The van der Waals surface area contributed by atoms with E-state index in [9.17, 15) is 27.6 Å². The van der Waals surface area contributed by atoms with Crippen LogP contribution in [0.5, 0.6) is 0 Å². The molecule has 2 fully saturated rings. The summed E-state index contributed by atoms with van der Waals surface area (Å²) in [5.74, 6) is -0.242. The number of carbonyl (C=O) groups excluding carboxylic acids is 3. The molecule has 2 aromatic carbocycles. The first-order valence-corrected chi connectivity index (χ1v) is 11.4. The Labute approximate surface area is 195 Å². The quantitative estimate of drug-likeness (QED) is 0.617. The number of rotatable bonds is 7. The van der Waals surface area contributed by atoms with Crippen LogP contribution >= 0.6 is 0 Å². The fourth-order valence-electron chi connectivity index (χ4n) is 4.20. The number of nitrogens with one attached hydrogen (secondary N) is 1. The second kappa shape index (κ2) is 9.87. The Kier molecular flexibility index (Phi) is 6.90. The average molecular weight is 473 g/mol. The first-order valence-electron chi connectivity index (χ1n) is 11.4. The van der Waals surface area contributed by atoms with Crippen molar-refractivity contribution in [3.8, 4) is 0 Å². The molecule has 0 atom stereocenters. The number of halogens is 3. The van der Waals surface area contributed by atoms with Gasteiger partial charge in [0.1, 0.15) is 0 Å². The van der Waals surface area contributed by atoms with Crippen LogP contribution in [0, 0.1) is 5.92 Å². The third kappa shape index (κ3) is 5.40. The molecular formula is C25H26F3N3O3. The topological polar surface area (TPSA) is 69.7 Å². The van der Waals surface area contributed by atoms with E-state index < -0.39 is 17.6 Å². The van der Waals surface area contributed by atoms with E-state index >= 15 is 0 Å². The largest absolute Gasteiger partial charge is 0.417 e. The van der Waals surface area contributed by atoms with Gasteiger partial charge in [0.25, 0.3) is 11.8 Å².